The molecule has 0 spiro atoms. The molecule has 5 heteroatoms. The maximum atomic E-state index is 13.0. The molecule has 2 heterocycles. The fourth-order valence-electron chi connectivity index (χ4n) is 3.95. The van der Waals surface area contributed by atoms with Gasteiger partial charge in [0.25, 0.3) is 0 Å². The van der Waals surface area contributed by atoms with E-state index in [0.29, 0.717) is 29.7 Å². The van der Waals surface area contributed by atoms with Gasteiger partial charge in [0, 0.05) is 44.0 Å². The average molecular weight is 392 g/mol. The van der Waals surface area contributed by atoms with Crippen molar-refractivity contribution in [3.8, 4) is 11.5 Å². The van der Waals surface area contributed by atoms with Crippen LogP contribution in [0.2, 0.25) is 0 Å². The van der Waals surface area contributed by atoms with Gasteiger partial charge in [-0.15, -0.1) is 0 Å². The van der Waals surface area contributed by atoms with E-state index in [0.717, 1.165) is 41.2 Å². The van der Waals surface area contributed by atoms with E-state index in [2.05, 4.69) is 18.7 Å². The first kappa shape index (κ1) is 19.5. The summed E-state index contributed by atoms with van der Waals surface area (Å²) in [5.74, 6) is 2.34. The second-order valence-corrected chi connectivity index (χ2v) is 8.47. The summed E-state index contributed by atoms with van der Waals surface area (Å²) in [4.78, 5) is 17.3. The zero-order valence-corrected chi connectivity index (χ0v) is 17.8. The molecule has 0 atom stereocenters. The van der Waals surface area contributed by atoms with Crippen molar-refractivity contribution >= 4 is 17.5 Å². The molecule has 0 aliphatic carbocycles. The highest BCUT2D eigenvalue weighted by molar-refractivity contribution is 6.15. The summed E-state index contributed by atoms with van der Waals surface area (Å²) in [6.45, 7) is 8.69. The fourth-order valence-corrected chi connectivity index (χ4v) is 3.95. The maximum absolute atomic E-state index is 13.0. The summed E-state index contributed by atoms with van der Waals surface area (Å²) in [5.41, 5.74) is 4.64. The molecule has 0 saturated carbocycles. The molecule has 152 valence electrons. The van der Waals surface area contributed by atoms with Crippen LogP contribution in [0, 0.1) is 12.8 Å². The number of ether oxygens (including phenoxy) is 2. The molecule has 0 unspecified atom stereocenters. The zero-order valence-electron chi connectivity index (χ0n) is 17.8. The Morgan fingerprint density at radius 2 is 1.90 bits per heavy atom. The van der Waals surface area contributed by atoms with E-state index < -0.39 is 0 Å². The molecule has 0 bridgehead atoms. The predicted octanol–water partition coefficient (Wildman–Crippen LogP) is 4.49. The van der Waals surface area contributed by atoms with Crippen molar-refractivity contribution in [3.05, 3.63) is 58.3 Å². The van der Waals surface area contributed by atoms with Crippen molar-refractivity contribution in [1.82, 2.24) is 4.90 Å². The fraction of sp³-hybridized carbons (Fsp3) is 0.375. The van der Waals surface area contributed by atoms with Gasteiger partial charge in [0.15, 0.2) is 5.76 Å². The molecule has 0 aromatic heterocycles. The molecule has 2 aliphatic rings. The van der Waals surface area contributed by atoms with Gasteiger partial charge in [0.2, 0.25) is 5.78 Å². The van der Waals surface area contributed by atoms with Crippen LogP contribution in [0.5, 0.6) is 11.5 Å². The van der Waals surface area contributed by atoms with Crippen LogP contribution in [0.25, 0.3) is 6.08 Å². The second-order valence-electron chi connectivity index (χ2n) is 8.47. The van der Waals surface area contributed by atoms with Crippen molar-refractivity contribution in [1.29, 1.82) is 0 Å². The van der Waals surface area contributed by atoms with Gasteiger partial charge in [-0.05, 0) is 42.7 Å². The summed E-state index contributed by atoms with van der Waals surface area (Å²) in [7, 11) is 4.01. The number of hydrogen-bond acceptors (Lipinski definition) is 5. The largest absolute Gasteiger partial charge is 0.477 e. The van der Waals surface area contributed by atoms with Crippen molar-refractivity contribution in [2.24, 2.45) is 5.92 Å². The molecular formula is C24H28N2O3. The van der Waals surface area contributed by atoms with Crippen LogP contribution >= 0.6 is 0 Å². The molecular weight excluding hydrogens is 364 g/mol. The highest BCUT2D eigenvalue weighted by atomic mass is 16.5. The van der Waals surface area contributed by atoms with Crippen LogP contribution in [0.3, 0.4) is 0 Å². The van der Waals surface area contributed by atoms with Gasteiger partial charge in [-0.3, -0.25) is 9.69 Å². The second kappa shape index (κ2) is 7.56. The Kier molecular flexibility index (Phi) is 5.09. The Hall–Kier alpha value is -2.79. The average Bonchev–Trinajstić information content (AvgIpc) is 2.98. The summed E-state index contributed by atoms with van der Waals surface area (Å²) < 4.78 is 12.0. The standard InChI is InChI=1S/C24H28N2O3/c1-15(2)12-26-13-18-11-20-22(27)21(29-24(20)16(3)23(18)28-14-26)10-17-6-8-19(9-7-17)25(4)5/h6-11,15H,12-14H2,1-5H3/b21-10-. The molecule has 0 radical (unpaired) electrons. The number of hydrogen-bond donors (Lipinski definition) is 0. The highest BCUT2D eigenvalue weighted by Crippen LogP contribution is 2.43. The van der Waals surface area contributed by atoms with Crippen molar-refractivity contribution in [2.75, 3.05) is 32.3 Å². The maximum Gasteiger partial charge on any atom is 0.231 e. The number of rotatable bonds is 4. The van der Waals surface area contributed by atoms with Crippen molar-refractivity contribution in [2.45, 2.75) is 27.3 Å². The number of anilines is 1. The van der Waals surface area contributed by atoms with Gasteiger partial charge in [-0.2, -0.15) is 0 Å². The molecule has 0 amide bonds. The van der Waals surface area contributed by atoms with E-state index in [4.69, 9.17) is 9.47 Å². The lowest BCUT2D eigenvalue weighted by Crippen LogP contribution is -2.35. The minimum Gasteiger partial charge on any atom is -0.477 e. The number of benzene rings is 2. The number of ketones is 1. The molecule has 5 nitrogen and oxygen atoms in total. The normalized spacial score (nSPS) is 17.2. The minimum absolute atomic E-state index is 0.0661. The van der Waals surface area contributed by atoms with Crippen LogP contribution < -0.4 is 14.4 Å². The number of allylic oxidation sites excluding steroid dienone is 1. The van der Waals surface area contributed by atoms with Gasteiger partial charge >= 0.3 is 0 Å². The van der Waals surface area contributed by atoms with E-state index in [1.807, 2.05) is 62.3 Å². The Morgan fingerprint density at radius 3 is 2.55 bits per heavy atom. The van der Waals surface area contributed by atoms with Crippen LogP contribution in [0.1, 0.15) is 40.9 Å². The lowest BCUT2D eigenvalue weighted by molar-refractivity contribution is 0.0835. The molecule has 0 N–H and O–H groups in total. The third-order valence-corrected chi connectivity index (χ3v) is 5.33. The number of carbonyl (C=O) groups is 1. The molecule has 29 heavy (non-hydrogen) atoms. The van der Waals surface area contributed by atoms with Crippen LogP contribution in [0.4, 0.5) is 5.69 Å². The summed E-state index contributed by atoms with van der Waals surface area (Å²) in [6, 6.07) is 9.99. The smallest absolute Gasteiger partial charge is 0.231 e. The van der Waals surface area contributed by atoms with E-state index >= 15 is 0 Å². The van der Waals surface area contributed by atoms with Gasteiger partial charge < -0.3 is 14.4 Å². The lowest BCUT2D eigenvalue weighted by atomic mass is 9.99. The lowest BCUT2D eigenvalue weighted by Gasteiger charge is -2.31. The van der Waals surface area contributed by atoms with Gasteiger partial charge in [0.05, 0.1) is 5.56 Å². The van der Waals surface area contributed by atoms with Crippen molar-refractivity contribution < 1.29 is 14.3 Å². The molecule has 0 fully saturated rings. The van der Waals surface area contributed by atoms with E-state index in [1.54, 1.807) is 0 Å². The van der Waals surface area contributed by atoms with Gasteiger partial charge in [-0.25, -0.2) is 0 Å². The number of nitrogens with zero attached hydrogens (tertiary/aromatic N) is 2. The summed E-state index contributed by atoms with van der Waals surface area (Å²) >= 11 is 0. The first-order chi connectivity index (χ1) is 13.8. The van der Waals surface area contributed by atoms with Gasteiger partial charge in [-0.1, -0.05) is 26.0 Å². The molecule has 4 rings (SSSR count). The highest BCUT2D eigenvalue weighted by Gasteiger charge is 2.33. The molecule has 2 aromatic carbocycles. The SMILES string of the molecule is Cc1c2c(cc3c1O/C(=C\c1ccc(N(C)C)cc1)C3=O)CN(CC(C)C)CO2. The number of carbonyl (C=O) groups excluding carboxylic acids is 1. The zero-order chi connectivity index (χ0) is 20.7. The molecule has 0 saturated heterocycles. The third kappa shape index (κ3) is 3.75. The van der Waals surface area contributed by atoms with E-state index in [1.165, 1.54) is 0 Å². The summed E-state index contributed by atoms with van der Waals surface area (Å²) in [5, 5.41) is 0. The molecule has 2 aliphatic heterocycles. The first-order valence-electron chi connectivity index (χ1n) is 10.1. The van der Waals surface area contributed by atoms with Crippen molar-refractivity contribution in [3.63, 3.8) is 0 Å². The van der Waals surface area contributed by atoms with E-state index in [-0.39, 0.29) is 5.78 Å². The Bertz CT molecular complexity index is 975. The van der Waals surface area contributed by atoms with E-state index in [9.17, 15) is 4.79 Å². The van der Waals surface area contributed by atoms with Crippen LogP contribution in [0.15, 0.2) is 36.1 Å². The van der Waals surface area contributed by atoms with Crippen LogP contribution in [-0.4, -0.2) is 38.1 Å². The first-order valence-corrected chi connectivity index (χ1v) is 10.1. The Labute approximate surface area is 172 Å². The topological polar surface area (TPSA) is 42.0 Å². The summed E-state index contributed by atoms with van der Waals surface area (Å²) in [6.07, 6.45) is 1.81. The Balaban J connectivity index is 1.62. The minimum atomic E-state index is -0.0661. The number of Topliss-reactive ketones (excluding diaryl/α,β-unsaturated/α-hetero) is 1. The number of fused-ring (bicyclic) bond motifs is 2. The quantitative estimate of drug-likeness (QED) is 0.718. The molecule has 2 aromatic rings. The van der Waals surface area contributed by atoms with Gasteiger partial charge in [0.1, 0.15) is 18.2 Å². The third-order valence-electron chi connectivity index (χ3n) is 5.33. The Morgan fingerprint density at radius 1 is 1.17 bits per heavy atom. The predicted molar refractivity (Wildman–Crippen MR) is 116 cm³/mol. The monoisotopic (exact) mass is 392 g/mol. The van der Waals surface area contributed by atoms with Crippen LogP contribution in [-0.2, 0) is 6.54 Å².